The van der Waals surface area contributed by atoms with Crippen LogP contribution in [0.1, 0.15) is 42.4 Å². The van der Waals surface area contributed by atoms with Gasteiger partial charge >= 0.3 is 0 Å². The molecule has 4 aromatic rings. The molecule has 0 fully saturated rings. The first-order valence-corrected chi connectivity index (χ1v) is 10.8. The van der Waals surface area contributed by atoms with E-state index in [9.17, 15) is 4.79 Å². The first-order valence-electron chi connectivity index (χ1n) is 10.0. The molecule has 0 bridgehead atoms. The Morgan fingerprint density at radius 2 is 1.87 bits per heavy atom. The number of rotatable bonds is 6. The van der Waals surface area contributed by atoms with Crippen LogP contribution in [-0.2, 0) is 0 Å². The van der Waals surface area contributed by atoms with Crippen molar-refractivity contribution in [2.75, 3.05) is 0 Å². The first-order chi connectivity index (χ1) is 14.8. The zero-order valence-corrected chi connectivity index (χ0v) is 18.7. The molecule has 0 radical (unpaired) electrons. The summed E-state index contributed by atoms with van der Waals surface area (Å²) < 4.78 is 2.02. The second-order valence-electron chi connectivity index (χ2n) is 7.97. The van der Waals surface area contributed by atoms with Crippen molar-refractivity contribution in [1.29, 1.82) is 0 Å². The van der Waals surface area contributed by atoms with Gasteiger partial charge in [0, 0.05) is 27.2 Å². The maximum absolute atomic E-state index is 11.4. The number of halogens is 2. The molecule has 1 atom stereocenters. The summed E-state index contributed by atoms with van der Waals surface area (Å²) in [5, 5.41) is 6.93. The highest BCUT2D eigenvalue weighted by atomic mass is 35.5. The summed E-state index contributed by atoms with van der Waals surface area (Å²) in [5.41, 5.74) is 9.50. The van der Waals surface area contributed by atoms with Crippen LogP contribution in [-0.4, -0.2) is 20.7 Å². The van der Waals surface area contributed by atoms with Crippen LogP contribution in [0.15, 0.2) is 60.9 Å². The lowest BCUT2D eigenvalue weighted by Crippen LogP contribution is -2.17. The molecule has 7 heteroatoms. The number of hydrogen-bond donors (Lipinski definition) is 1. The average Bonchev–Trinajstić information content (AvgIpc) is 3.15. The molecule has 0 aliphatic heterocycles. The average molecular weight is 453 g/mol. The highest BCUT2D eigenvalue weighted by Crippen LogP contribution is 2.34. The second kappa shape index (κ2) is 8.69. The van der Waals surface area contributed by atoms with Crippen molar-refractivity contribution in [2.24, 2.45) is 11.7 Å². The summed E-state index contributed by atoms with van der Waals surface area (Å²) in [6.45, 7) is 4.34. The maximum atomic E-state index is 11.4. The van der Waals surface area contributed by atoms with Crippen molar-refractivity contribution in [2.45, 2.75) is 26.3 Å². The molecular formula is C24H22Cl2N4O. The molecule has 31 heavy (non-hydrogen) atoms. The van der Waals surface area contributed by atoms with E-state index in [2.05, 4.69) is 31.0 Å². The Hall–Kier alpha value is -2.89. The van der Waals surface area contributed by atoms with E-state index in [4.69, 9.17) is 34.0 Å². The molecule has 0 saturated carbocycles. The monoisotopic (exact) mass is 452 g/mol. The zero-order chi connectivity index (χ0) is 22.1. The highest BCUT2D eigenvalue weighted by molar-refractivity contribution is 6.36. The Labute approximate surface area is 190 Å². The van der Waals surface area contributed by atoms with Crippen LogP contribution in [0.2, 0.25) is 10.0 Å². The van der Waals surface area contributed by atoms with Gasteiger partial charge in [0.25, 0.3) is 5.91 Å². The Morgan fingerprint density at radius 3 is 2.52 bits per heavy atom. The topological polar surface area (TPSA) is 73.8 Å². The van der Waals surface area contributed by atoms with Crippen LogP contribution in [0.25, 0.3) is 22.0 Å². The van der Waals surface area contributed by atoms with Crippen LogP contribution >= 0.6 is 23.2 Å². The summed E-state index contributed by atoms with van der Waals surface area (Å²) in [6.07, 6.45) is 4.45. The standard InChI is InChI=1S/C24H22Cl2N4O/c1-14(2)9-23(16-3-7-21(24(27)31)28-12-16)30-22-8-4-15(10-17(22)13-29-30)19-6-5-18(25)11-20(19)26/h3-8,10-14,23H,9H2,1-2H3,(H2,27,31). The van der Waals surface area contributed by atoms with Crippen molar-refractivity contribution in [3.63, 3.8) is 0 Å². The van der Waals surface area contributed by atoms with E-state index in [0.717, 1.165) is 34.0 Å². The van der Waals surface area contributed by atoms with Crippen molar-refractivity contribution in [3.8, 4) is 11.1 Å². The zero-order valence-electron chi connectivity index (χ0n) is 17.2. The molecule has 4 rings (SSSR count). The van der Waals surface area contributed by atoms with E-state index in [0.29, 0.717) is 16.0 Å². The van der Waals surface area contributed by atoms with Crippen LogP contribution in [0.4, 0.5) is 0 Å². The van der Waals surface area contributed by atoms with Gasteiger partial charge in [-0.05, 0) is 53.8 Å². The number of pyridine rings is 1. The van der Waals surface area contributed by atoms with Gasteiger partial charge in [0.2, 0.25) is 0 Å². The molecule has 0 aliphatic carbocycles. The third-order valence-electron chi connectivity index (χ3n) is 5.25. The summed E-state index contributed by atoms with van der Waals surface area (Å²) in [4.78, 5) is 15.6. The molecule has 158 valence electrons. The van der Waals surface area contributed by atoms with Crippen LogP contribution in [0.3, 0.4) is 0 Å². The molecule has 2 aromatic heterocycles. The van der Waals surface area contributed by atoms with E-state index in [1.807, 2.05) is 35.1 Å². The molecule has 0 spiro atoms. The molecule has 5 nitrogen and oxygen atoms in total. The Morgan fingerprint density at radius 1 is 1.06 bits per heavy atom. The summed E-state index contributed by atoms with van der Waals surface area (Å²) in [5.74, 6) is -0.0999. The quantitative estimate of drug-likeness (QED) is 0.381. The first kappa shape index (κ1) is 21.3. The number of carbonyl (C=O) groups excluding carboxylic acids is 1. The van der Waals surface area contributed by atoms with Crippen LogP contribution < -0.4 is 5.73 Å². The highest BCUT2D eigenvalue weighted by Gasteiger charge is 2.20. The number of nitrogens with zero attached hydrogens (tertiary/aromatic N) is 3. The van der Waals surface area contributed by atoms with Gasteiger partial charge in [-0.25, -0.2) is 0 Å². The maximum Gasteiger partial charge on any atom is 0.267 e. The molecule has 2 N–H and O–H groups in total. The predicted octanol–water partition coefficient (Wildman–Crippen LogP) is 6.14. The largest absolute Gasteiger partial charge is 0.364 e. The fourth-order valence-corrected chi connectivity index (χ4v) is 4.28. The number of carbonyl (C=O) groups is 1. The van der Waals surface area contributed by atoms with Crippen LogP contribution in [0, 0.1) is 5.92 Å². The molecule has 0 aliphatic rings. The number of aromatic nitrogens is 3. The minimum Gasteiger partial charge on any atom is -0.364 e. The number of benzene rings is 2. The SMILES string of the molecule is CC(C)CC(c1ccc(C(N)=O)nc1)n1ncc2cc(-c3ccc(Cl)cc3Cl)ccc21. The van der Waals surface area contributed by atoms with E-state index in [-0.39, 0.29) is 11.7 Å². The van der Waals surface area contributed by atoms with Gasteiger partial charge in [-0.2, -0.15) is 5.10 Å². The fraction of sp³-hybridized carbons (Fsp3) is 0.208. The molecule has 1 amide bonds. The molecular weight excluding hydrogens is 431 g/mol. The fourth-order valence-electron chi connectivity index (χ4n) is 3.76. The summed E-state index contributed by atoms with van der Waals surface area (Å²) in [6, 6.07) is 15.2. The van der Waals surface area contributed by atoms with Crippen LogP contribution in [0.5, 0.6) is 0 Å². The van der Waals surface area contributed by atoms with Gasteiger partial charge in [0.15, 0.2) is 0 Å². The number of nitrogens with two attached hydrogens (primary N) is 1. The predicted molar refractivity (Wildman–Crippen MR) is 126 cm³/mol. The third kappa shape index (κ3) is 4.43. The lowest BCUT2D eigenvalue weighted by molar-refractivity contribution is 0.0995. The molecule has 0 saturated heterocycles. The normalized spacial score (nSPS) is 12.4. The van der Waals surface area contributed by atoms with E-state index < -0.39 is 5.91 Å². The lowest BCUT2D eigenvalue weighted by atomic mass is 9.97. The molecule has 2 heterocycles. The van der Waals surface area contributed by atoms with E-state index in [1.165, 1.54) is 0 Å². The molecule has 2 aromatic carbocycles. The third-order valence-corrected chi connectivity index (χ3v) is 5.80. The van der Waals surface area contributed by atoms with Gasteiger partial charge in [-0.15, -0.1) is 0 Å². The van der Waals surface area contributed by atoms with Gasteiger partial charge in [0.1, 0.15) is 5.69 Å². The molecule has 1 unspecified atom stereocenters. The Kier molecular flexibility index (Phi) is 5.99. The summed E-state index contributed by atoms with van der Waals surface area (Å²) >= 11 is 12.4. The van der Waals surface area contributed by atoms with Crippen molar-refractivity contribution in [1.82, 2.24) is 14.8 Å². The van der Waals surface area contributed by atoms with E-state index >= 15 is 0 Å². The Bertz CT molecular complexity index is 1250. The number of primary amides is 1. The number of fused-ring (bicyclic) bond motifs is 1. The van der Waals surface area contributed by atoms with Crippen molar-refractivity contribution in [3.05, 3.63) is 82.2 Å². The van der Waals surface area contributed by atoms with Gasteiger partial charge in [-0.3, -0.25) is 14.5 Å². The number of hydrogen-bond acceptors (Lipinski definition) is 3. The van der Waals surface area contributed by atoms with Crippen molar-refractivity contribution >= 4 is 40.0 Å². The van der Waals surface area contributed by atoms with Crippen molar-refractivity contribution < 1.29 is 4.79 Å². The number of amides is 1. The van der Waals surface area contributed by atoms with Gasteiger partial charge in [0.05, 0.1) is 17.8 Å². The Balaban J connectivity index is 1.76. The minimum atomic E-state index is -0.537. The smallest absolute Gasteiger partial charge is 0.267 e. The minimum absolute atomic E-state index is 0.0168. The lowest BCUT2D eigenvalue weighted by Gasteiger charge is -2.21. The van der Waals surface area contributed by atoms with E-state index in [1.54, 1.807) is 18.3 Å². The summed E-state index contributed by atoms with van der Waals surface area (Å²) in [7, 11) is 0. The second-order valence-corrected chi connectivity index (χ2v) is 8.82. The van der Waals surface area contributed by atoms with Gasteiger partial charge < -0.3 is 5.73 Å². The van der Waals surface area contributed by atoms with Gasteiger partial charge in [-0.1, -0.05) is 55.2 Å².